The van der Waals surface area contributed by atoms with Crippen molar-refractivity contribution in [3.8, 4) is 0 Å². The van der Waals surface area contributed by atoms with Gasteiger partial charge in [0.25, 0.3) is 5.69 Å². The number of anilines is 1. The van der Waals surface area contributed by atoms with Crippen molar-refractivity contribution in [1.29, 1.82) is 0 Å². The zero-order valence-corrected chi connectivity index (χ0v) is 12.0. The van der Waals surface area contributed by atoms with E-state index in [0.717, 1.165) is 11.6 Å². The maximum absolute atomic E-state index is 13.1. The molecule has 0 unspecified atom stereocenters. The van der Waals surface area contributed by atoms with Gasteiger partial charge in [0.15, 0.2) is 0 Å². The molecule has 110 valence electrons. The number of nitro benzene ring substituents is 1. The number of rotatable bonds is 5. The van der Waals surface area contributed by atoms with E-state index < -0.39 is 10.7 Å². The van der Waals surface area contributed by atoms with E-state index in [9.17, 15) is 14.5 Å². The van der Waals surface area contributed by atoms with Gasteiger partial charge in [0.05, 0.1) is 11.0 Å². The van der Waals surface area contributed by atoms with E-state index in [1.54, 1.807) is 0 Å². The van der Waals surface area contributed by atoms with Crippen molar-refractivity contribution in [1.82, 2.24) is 0 Å². The van der Waals surface area contributed by atoms with Crippen LogP contribution in [-0.4, -0.2) is 4.92 Å². The molecule has 0 aliphatic carbocycles. The first-order valence-electron chi connectivity index (χ1n) is 6.74. The monoisotopic (exact) mass is 288 g/mol. The third-order valence-electron chi connectivity index (χ3n) is 3.29. The predicted molar refractivity (Wildman–Crippen MR) is 80.9 cm³/mol. The zero-order valence-electron chi connectivity index (χ0n) is 12.0. The second-order valence-corrected chi connectivity index (χ2v) is 5.17. The molecule has 0 atom stereocenters. The van der Waals surface area contributed by atoms with Crippen LogP contribution in [0, 0.1) is 15.9 Å². The largest absolute Gasteiger partial charge is 0.375 e. The van der Waals surface area contributed by atoms with E-state index >= 15 is 0 Å². The fourth-order valence-corrected chi connectivity index (χ4v) is 2.02. The van der Waals surface area contributed by atoms with Crippen LogP contribution in [0.3, 0.4) is 0 Å². The number of nitro groups is 1. The van der Waals surface area contributed by atoms with Gasteiger partial charge in [-0.1, -0.05) is 38.1 Å². The molecule has 0 saturated carbocycles. The number of hydrogen-bond donors (Lipinski definition) is 1. The average Bonchev–Trinajstić information content (AvgIpc) is 2.46. The summed E-state index contributed by atoms with van der Waals surface area (Å²) in [5, 5.41) is 13.9. The summed E-state index contributed by atoms with van der Waals surface area (Å²) in [6.07, 6.45) is 0. The molecule has 2 aromatic rings. The Labute approximate surface area is 122 Å². The smallest absolute Gasteiger partial charge is 0.295 e. The Balaban J connectivity index is 2.11. The minimum absolute atomic E-state index is 0.256. The molecular formula is C16H17FN2O2. The lowest BCUT2D eigenvalue weighted by Crippen LogP contribution is -2.03. The predicted octanol–water partition coefficient (Wildman–Crippen LogP) is 4.47. The van der Waals surface area contributed by atoms with E-state index in [4.69, 9.17) is 0 Å². The molecule has 0 aliphatic heterocycles. The van der Waals surface area contributed by atoms with E-state index in [0.29, 0.717) is 18.2 Å². The number of hydrogen-bond acceptors (Lipinski definition) is 3. The van der Waals surface area contributed by atoms with Gasteiger partial charge in [-0.15, -0.1) is 0 Å². The highest BCUT2D eigenvalue weighted by Gasteiger charge is 2.14. The van der Waals surface area contributed by atoms with Crippen molar-refractivity contribution in [3.05, 3.63) is 69.5 Å². The highest BCUT2D eigenvalue weighted by molar-refractivity contribution is 5.61. The second kappa shape index (κ2) is 6.35. The summed E-state index contributed by atoms with van der Waals surface area (Å²) < 4.78 is 13.1. The second-order valence-electron chi connectivity index (χ2n) is 5.17. The number of nitrogens with zero attached hydrogens (tertiary/aromatic N) is 1. The third kappa shape index (κ3) is 3.78. The molecule has 0 aromatic heterocycles. The maximum Gasteiger partial charge on any atom is 0.295 e. The van der Waals surface area contributed by atoms with Crippen LogP contribution in [-0.2, 0) is 6.54 Å². The molecule has 21 heavy (non-hydrogen) atoms. The fourth-order valence-electron chi connectivity index (χ4n) is 2.02. The minimum Gasteiger partial charge on any atom is -0.375 e. The normalized spacial score (nSPS) is 10.7. The Morgan fingerprint density at radius 1 is 1.19 bits per heavy atom. The van der Waals surface area contributed by atoms with Crippen LogP contribution >= 0.6 is 0 Å². The Hall–Kier alpha value is -2.43. The summed E-state index contributed by atoms with van der Waals surface area (Å²) in [5.74, 6) is -0.154. The van der Waals surface area contributed by atoms with Gasteiger partial charge >= 0.3 is 0 Å². The molecule has 0 radical (unpaired) electrons. The van der Waals surface area contributed by atoms with E-state index in [1.165, 1.54) is 17.7 Å². The molecule has 5 heteroatoms. The maximum atomic E-state index is 13.1. The molecule has 0 heterocycles. The molecular weight excluding hydrogens is 271 g/mol. The van der Waals surface area contributed by atoms with Crippen molar-refractivity contribution in [2.24, 2.45) is 0 Å². The van der Waals surface area contributed by atoms with Crippen LogP contribution in [0.25, 0.3) is 0 Å². The first kappa shape index (κ1) is 15.0. The van der Waals surface area contributed by atoms with Crippen LogP contribution in [0.2, 0.25) is 0 Å². The van der Waals surface area contributed by atoms with E-state index in [1.807, 2.05) is 24.3 Å². The van der Waals surface area contributed by atoms with Crippen LogP contribution in [0.4, 0.5) is 15.8 Å². The molecule has 0 fully saturated rings. The Morgan fingerprint density at radius 2 is 1.86 bits per heavy atom. The molecule has 1 N–H and O–H groups in total. The Bertz CT molecular complexity index is 639. The topological polar surface area (TPSA) is 55.2 Å². The molecule has 0 bridgehead atoms. The van der Waals surface area contributed by atoms with Gasteiger partial charge in [-0.2, -0.15) is 0 Å². The summed E-state index contributed by atoms with van der Waals surface area (Å²) in [4.78, 5) is 10.3. The van der Waals surface area contributed by atoms with Crippen molar-refractivity contribution in [3.63, 3.8) is 0 Å². The molecule has 0 spiro atoms. The average molecular weight is 288 g/mol. The van der Waals surface area contributed by atoms with Gasteiger partial charge in [0.2, 0.25) is 0 Å². The highest BCUT2D eigenvalue weighted by Crippen LogP contribution is 2.25. The molecule has 4 nitrogen and oxygen atoms in total. The van der Waals surface area contributed by atoms with Gasteiger partial charge in [-0.25, -0.2) is 4.39 Å². The lowest BCUT2D eigenvalue weighted by molar-refractivity contribution is -0.384. The van der Waals surface area contributed by atoms with Crippen LogP contribution in [0.15, 0.2) is 42.5 Å². The summed E-state index contributed by atoms with van der Waals surface area (Å²) in [6.45, 7) is 4.69. The van der Waals surface area contributed by atoms with E-state index in [-0.39, 0.29) is 5.69 Å². The summed E-state index contributed by atoms with van der Waals surface area (Å²) in [5.41, 5.74) is 2.31. The Morgan fingerprint density at radius 3 is 2.43 bits per heavy atom. The summed E-state index contributed by atoms with van der Waals surface area (Å²) in [6, 6.07) is 11.6. The fraction of sp³-hybridized carbons (Fsp3) is 0.250. The lowest BCUT2D eigenvalue weighted by Gasteiger charge is -2.09. The summed E-state index contributed by atoms with van der Waals surface area (Å²) >= 11 is 0. The zero-order chi connectivity index (χ0) is 15.4. The van der Waals surface area contributed by atoms with Crippen LogP contribution in [0.1, 0.15) is 30.9 Å². The van der Waals surface area contributed by atoms with Gasteiger partial charge in [0.1, 0.15) is 11.5 Å². The highest BCUT2D eigenvalue weighted by atomic mass is 19.1. The number of nitrogens with one attached hydrogen (secondary N) is 1. The van der Waals surface area contributed by atoms with Gasteiger partial charge in [-0.3, -0.25) is 10.1 Å². The number of benzene rings is 2. The Kier molecular flexibility index (Phi) is 4.52. The van der Waals surface area contributed by atoms with Crippen molar-refractivity contribution >= 4 is 11.4 Å². The quantitative estimate of drug-likeness (QED) is 0.652. The minimum atomic E-state index is -0.617. The molecule has 0 amide bonds. The van der Waals surface area contributed by atoms with Gasteiger partial charge in [-0.05, 0) is 29.2 Å². The van der Waals surface area contributed by atoms with Gasteiger partial charge in [0, 0.05) is 6.54 Å². The SMILES string of the molecule is CC(C)c1ccc(CNc2ccc(F)cc2[N+](=O)[O-])cc1. The van der Waals surface area contributed by atoms with Crippen molar-refractivity contribution in [2.75, 3.05) is 5.32 Å². The van der Waals surface area contributed by atoms with Crippen molar-refractivity contribution in [2.45, 2.75) is 26.3 Å². The standard InChI is InChI=1S/C16H17FN2O2/c1-11(2)13-5-3-12(4-6-13)10-18-15-8-7-14(17)9-16(15)19(20)21/h3-9,11,18H,10H2,1-2H3. The first-order chi connectivity index (χ1) is 9.97. The van der Waals surface area contributed by atoms with Crippen LogP contribution in [0.5, 0.6) is 0 Å². The first-order valence-corrected chi connectivity index (χ1v) is 6.74. The number of halogens is 1. The molecule has 2 aromatic carbocycles. The third-order valence-corrected chi connectivity index (χ3v) is 3.29. The van der Waals surface area contributed by atoms with Crippen molar-refractivity contribution < 1.29 is 9.31 Å². The molecule has 0 aliphatic rings. The lowest BCUT2D eigenvalue weighted by atomic mass is 10.0. The van der Waals surface area contributed by atoms with E-state index in [2.05, 4.69) is 19.2 Å². The molecule has 0 saturated heterocycles. The molecule has 2 rings (SSSR count). The van der Waals surface area contributed by atoms with Crippen LogP contribution < -0.4 is 5.32 Å². The van der Waals surface area contributed by atoms with Gasteiger partial charge < -0.3 is 5.32 Å². The summed E-state index contributed by atoms with van der Waals surface area (Å²) in [7, 11) is 0.